The zero-order chi connectivity index (χ0) is 15.2. The molecule has 0 aliphatic rings. The van der Waals surface area contributed by atoms with E-state index < -0.39 is 0 Å². The average Bonchev–Trinajstić information content (AvgIpc) is 2.83. The fourth-order valence-corrected chi connectivity index (χ4v) is 2.39. The van der Waals surface area contributed by atoms with E-state index in [0.29, 0.717) is 25.3 Å². The smallest absolute Gasteiger partial charge is 0.221 e. The SMILES string of the molecule is CCC(C)NC(=O)CCn1c(CCCl)nc2cnccc21. The normalized spacial score (nSPS) is 12.5. The second kappa shape index (κ2) is 7.41. The van der Waals surface area contributed by atoms with Gasteiger partial charge in [-0.1, -0.05) is 6.92 Å². The van der Waals surface area contributed by atoms with Crippen molar-refractivity contribution < 1.29 is 4.79 Å². The van der Waals surface area contributed by atoms with Crippen molar-refractivity contribution in [3.05, 3.63) is 24.3 Å². The zero-order valence-corrected chi connectivity index (χ0v) is 13.2. The van der Waals surface area contributed by atoms with E-state index in [0.717, 1.165) is 23.3 Å². The molecule has 1 unspecified atom stereocenters. The summed E-state index contributed by atoms with van der Waals surface area (Å²) in [6.45, 7) is 4.67. The Morgan fingerprint density at radius 2 is 2.33 bits per heavy atom. The number of aryl methyl sites for hydroxylation is 2. The molecule has 0 aliphatic carbocycles. The molecule has 0 saturated carbocycles. The third-order valence-electron chi connectivity index (χ3n) is 3.53. The number of hydrogen-bond acceptors (Lipinski definition) is 3. The number of carbonyl (C=O) groups excluding carboxylic acids is 1. The maximum absolute atomic E-state index is 11.9. The Morgan fingerprint density at radius 1 is 1.52 bits per heavy atom. The van der Waals surface area contributed by atoms with Crippen molar-refractivity contribution in [2.75, 3.05) is 5.88 Å². The number of amides is 1. The van der Waals surface area contributed by atoms with Crippen LogP contribution < -0.4 is 5.32 Å². The van der Waals surface area contributed by atoms with Crippen LogP contribution in [0.1, 0.15) is 32.5 Å². The fraction of sp³-hybridized carbons (Fsp3) is 0.533. The van der Waals surface area contributed by atoms with E-state index in [1.807, 2.05) is 13.0 Å². The van der Waals surface area contributed by atoms with Gasteiger partial charge in [0.05, 0.1) is 11.7 Å². The predicted octanol–water partition coefficient (Wildman–Crippen LogP) is 2.52. The van der Waals surface area contributed by atoms with Gasteiger partial charge in [0.2, 0.25) is 5.91 Å². The molecule has 2 aromatic heterocycles. The summed E-state index contributed by atoms with van der Waals surface area (Å²) in [5, 5.41) is 2.98. The van der Waals surface area contributed by atoms with Crippen molar-refractivity contribution in [2.24, 2.45) is 0 Å². The molecule has 0 fully saturated rings. The first-order chi connectivity index (χ1) is 10.2. The van der Waals surface area contributed by atoms with Crippen molar-refractivity contribution in [1.82, 2.24) is 19.9 Å². The number of pyridine rings is 1. The van der Waals surface area contributed by atoms with Crippen molar-refractivity contribution in [1.29, 1.82) is 0 Å². The first kappa shape index (κ1) is 15.8. The predicted molar refractivity (Wildman–Crippen MR) is 84.5 cm³/mol. The van der Waals surface area contributed by atoms with Gasteiger partial charge in [-0.25, -0.2) is 4.98 Å². The van der Waals surface area contributed by atoms with E-state index in [4.69, 9.17) is 11.6 Å². The van der Waals surface area contributed by atoms with Crippen molar-refractivity contribution in [3.63, 3.8) is 0 Å². The maximum atomic E-state index is 11.9. The lowest BCUT2D eigenvalue weighted by Crippen LogP contribution is -2.32. The summed E-state index contributed by atoms with van der Waals surface area (Å²) in [5.41, 5.74) is 1.85. The molecule has 6 heteroatoms. The summed E-state index contributed by atoms with van der Waals surface area (Å²) in [6, 6.07) is 2.13. The summed E-state index contributed by atoms with van der Waals surface area (Å²) >= 11 is 5.84. The van der Waals surface area contributed by atoms with E-state index in [1.54, 1.807) is 12.4 Å². The van der Waals surface area contributed by atoms with Gasteiger partial charge in [0, 0.05) is 37.5 Å². The summed E-state index contributed by atoms with van der Waals surface area (Å²) < 4.78 is 2.07. The molecule has 0 aromatic carbocycles. The summed E-state index contributed by atoms with van der Waals surface area (Å²) in [6.07, 6.45) is 5.53. The van der Waals surface area contributed by atoms with Crippen LogP contribution in [0.3, 0.4) is 0 Å². The van der Waals surface area contributed by atoms with Crippen LogP contribution in [0.25, 0.3) is 11.0 Å². The standard InChI is InChI=1S/C15H21ClN4O/c1-3-11(2)18-15(21)6-9-20-13-5-8-17-10-12(13)19-14(20)4-7-16/h5,8,10-11H,3-4,6-7,9H2,1-2H3,(H,18,21). The van der Waals surface area contributed by atoms with Gasteiger partial charge in [-0.3, -0.25) is 9.78 Å². The van der Waals surface area contributed by atoms with Crippen LogP contribution in [0.2, 0.25) is 0 Å². The highest BCUT2D eigenvalue weighted by atomic mass is 35.5. The number of rotatable bonds is 7. The lowest BCUT2D eigenvalue weighted by molar-refractivity contribution is -0.121. The van der Waals surface area contributed by atoms with Gasteiger partial charge in [0.25, 0.3) is 0 Å². The van der Waals surface area contributed by atoms with Gasteiger partial charge >= 0.3 is 0 Å². The Bertz CT molecular complexity index is 611. The maximum Gasteiger partial charge on any atom is 0.221 e. The quantitative estimate of drug-likeness (QED) is 0.800. The zero-order valence-electron chi connectivity index (χ0n) is 12.5. The van der Waals surface area contributed by atoms with Crippen LogP contribution in [0.5, 0.6) is 0 Å². The molecule has 2 aromatic rings. The van der Waals surface area contributed by atoms with Gasteiger partial charge < -0.3 is 9.88 Å². The Kier molecular flexibility index (Phi) is 5.56. The van der Waals surface area contributed by atoms with Crippen molar-refractivity contribution >= 4 is 28.5 Å². The highest BCUT2D eigenvalue weighted by molar-refractivity contribution is 6.17. The van der Waals surface area contributed by atoms with Crippen molar-refractivity contribution in [3.8, 4) is 0 Å². The number of fused-ring (bicyclic) bond motifs is 1. The minimum atomic E-state index is 0.0667. The van der Waals surface area contributed by atoms with Crippen LogP contribution in [0.15, 0.2) is 18.5 Å². The first-order valence-corrected chi connectivity index (χ1v) is 7.83. The highest BCUT2D eigenvalue weighted by Gasteiger charge is 2.12. The van der Waals surface area contributed by atoms with E-state index >= 15 is 0 Å². The second-order valence-corrected chi connectivity index (χ2v) is 5.49. The highest BCUT2D eigenvalue weighted by Crippen LogP contribution is 2.16. The van der Waals surface area contributed by atoms with Gasteiger partial charge in [-0.15, -0.1) is 11.6 Å². The van der Waals surface area contributed by atoms with Gasteiger partial charge in [-0.2, -0.15) is 0 Å². The summed E-state index contributed by atoms with van der Waals surface area (Å²) in [5.74, 6) is 1.48. The van der Waals surface area contributed by atoms with Gasteiger partial charge in [0.1, 0.15) is 11.3 Å². The number of aromatic nitrogens is 3. The lowest BCUT2D eigenvalue weighted by Gasteiger charge is -2.12. The van der Waals surface area contributed by atoms with Crippen LogP contribution in [0, 0.1) is 0 Å². The minimum absolute atomic E-state index is 0.0667. The Balaban J connectivity index is 2.13. The molecular weight excluding hydrogens is 288 g/mol. The molecule has 0 saturated heterocycles. The van der Waals surface area contributed by atoms with Crippen LogP contribution in [0.4, 0.5) is 0 Å². The average molecular weight is 309 g/mol. The third kappa shape index (κ3) is 3.94. The summed E-state index contributed by atoms with van der Waals surface area (Å²) in [7, 11) is 0. The Hall–Kier alpha value is -1.62. The number of nitrogens with zero attached hydrogens (tertiary/aromatic N) is 3. The third-order valence-corrected chi connectivity index (χ3v) is 3.72. The van der Waals surface area contributed by atoms with Crippen LogP contribution in [-0.2, 0) is 17.8 Å². The largest absolute Gasteiger partial charge is 0.354 e. The summed E-state index contributed by atoms with van der Waals surface area (Å²) in [4.78, 5) is 20.6. The molecule has 2 rings (SSSR count). The van der Waals surface area contributed by atoms with Crippen LogP contribution in [-0.4, -0.2) is 32.4 Å². The van der Waals surface area contributed by atoms with E-state index in [9.17, 15) is 4.79 Å². The number of nitrogens with one attached hydrogen (secondary N) is 1. The number of hydrogen-bond donors (Lipinski definition) is 1. The molecular formula is C15H21ClN4O. The van der Waals surface area contributed by atoms with Gasteiger partial charge in [-0.05, 0) is 19.4 Å². The second-order valence-electron chi connectivity index (χ2n) is 5.11. The lowest BCUT2D eigenvalue weighted by atomic mass is 10.2. The number of carbonyl (C=O) groups is 1. The first-order valence-electron chi connectivity index (χ1n) is 7.30. The Labute approximate surface area is 129 Å². The number of halogens is 1. The van der Waals surface area contributed by atoms with Crippen molar-refractivity contribution in [2.45, 2.75) is 45.7 Å². The Morgan fingerprint density at radius 3 is 3.05 bits per heavy atom. The minimum Gasteiger partial charge on any atom is -0.354 e. The van der Waals surface area contributed by atoms with Gasteiger partial charge in [0.15, 0.2) is 0 Å². The molecule has 21 heavy (non-hydrogen) atoms. The molecule has 114 valence electrons. The van der Waals surface area contributed by atoms with E-state index in [1.165, 1.54) is 0 Å². The monoisotopic (exact) mass is 308 g/mol. The molecule has 1 N–H and O–H groups in total. The topological polar surface area (TPSA) is 59.8 Å². The molecule has 1 amide bonds. The molecule has 0 aliphatic heterocycles. The molecule has 1 atom stereocenters. The molecule has 0 radical (unpaired) electrons. The molecule has 0 bridgehead atoms. The molecule has 0 spiro atoms. The molecule has 2 heterocycles. The number of imidazole rings is 1. The van der Waals surface area contributed by atoms with E-state index in [-0.39, 0.29) is 11.9 Å². The number of alkyl halides is 1. The van der Waals surface area contributed by atoms with E-state index in [2.05, 4.69) is 26.8 Å². The fourth-order valence-electron chi connectivity index (χ4n) is 2.22. The van der Waals surface area contributed by atoms with Crippen LogP contribution >= 0.6 is 11.6 Å². The molecule has 5 nitrogen and oxygen atoms in total.